The van der Waals surface area contributed by atoms with Crippen molar-refractivity contribution in [2.75, 3.05) is 0 Å². The molecule has 0 saturated carbocycles. The van der Waals surface area contributed by atoms with E-state index in [1.807, 2.05) is 0 Å². The second kappa shape index (κ2) is 10.1. The fourth-order valence-corrected chi connectivity index (χ4v) is 6.69. The molecule has 0 spiro atoms. The Labute approximate surface area is 150 Å². The summed E-state index contributed by atoms with van der Waals surface area (Å²) in [6.07, 6.45) is 15.9. The van der Waals surface area contributed by atoms with E-state index in [2.05, 4.69) is 87.5 Å². The molecule has 0 aliphatic carbocycles. The maximum absolute atomic E-state index is 2.50. The summed E-state index contributed by atoms with van der Waals surface area (Å²) in [6.45, 7) is 18.8. The second-order valence-corrected chi connectivity index (χ2v) is 10.9. The van der Waals surface area contributed by atoms with E-state index in [4.69, 9.17) is 0 Å². The first-order valence-corrected chi connectivity index (χ1v) is 10.7. The highest BCUT2D eigenvalue weighted by Crippen LogP contribution is 2.53. The predicted octanol–water partition coefficient (Wildman–Crippen LogP) is 6.56. The molecule has 23 heavy (non-hydrogen) atoms. The number of hydrogen-bond donors (Lipinski definition) is 0. The summed E-state index contributed by atoms with van der Waals surface area (Å²) in [5, 5.41) is 0.872. The van der Waals surface area contributed by atoms with Crippen LogP contribution in [-0.2, 0) is 0 Å². The highest BCUT2D eigenvalue weighted by molar-refractivity contribution is 7.44. The van der Waals surface area contributed by atoms with Gasteiger partial charge in [-0.15, -0.1) is 8.58 Å². The van der Waals surface area contributed by atoms with Crippen molar-refractivity contribution in [2.45, 2.75) is 97.7 Å². The summed E-state index contributed by atoms with van der Waals surface area (Å²) in [7, 11) is 3.50. The van der Waals surface area contributed by atoms with Crippen molar-refractivity contribution >= 4 is 16.4 Å². The molecule has 0 heterocycles. The molecule has 0 amide bonds. The largest absolute Gasteiger partial charge is 0.118 e. The van der Waals surface area contributed by atoms with Crippen LogP contribution in [-0.4, -0.2) is 18.1 Å². The molecule has 0 aliphatic rings. The summed E-state index contributed by atoms with van der Waals surface area (Å²) in [4.78, 5) is 0. The van der Waals surface area contributed by atoms with Gasteiger partial charge in [0.2, 0.25) is 0 Å². The van der Waals surface area contributed by atoms with Gasteiger partial charge in [-0.2, -0.15) is 0 Å². The van der Waals surface area contributed by atoms with Gasteiger partial charge in [-0.05, 0) is 36.4 Å². The van der Waals surface area contributed by atoms with E-state index in [1.165, 1.54) is 32.1 Å². The maximum atomic E-state index is 2.50. The van der Waals surface area contributed by atoms with Crippen LogP contribution in [0.25, 0.3) is 0 Å². The topological polar surface area (TPSA) is 0 Å². The highest BCUT2D eigenvalue weighted by atomic mass is 31.1. The molecule has 0 saturated heterocycles. The number of rotatable bonds is 11. The minimum Gasteiger partial charge on any atom is -0.118 e. The highest BCUT2D eigenvalue weighted by Gasteiger charge is 2.39. The van der Waals surface area contributed by atoms with Crippen LogP contribution in [0.3, 0.4) is 0 Å². The number of hydrogen-bond acceptors (Lipinski definition) is 0. The van der Waals surface area contributed by atoms with Gasteiger partial charge in [0, 0.05) is 5.41 Å². The Morgan fingerprint density at radius 3 is 1.65 bits per heavy atom. The van der Waals surface area contributed by atoms with Crippen LogP contribution >= 0.6 is 8.58 Å². The smallest absolute Gasteiger partial charge is 0.114 e. The summed E-state index contributed by atoms with van der Waals surface area (Å²) >= 11 is 0. The van der Waals surface area contributed by atoms with Crippen molar-refractivity contribution < 1.29 is 0 Å². The monoisotopic (exact) mass is 336 g/mol. The van der Waals surface area contributed by atoms with Crippen LogP contribution in [0.4, 0.5) is 0 Å². The lowest BCUT2D eigenvalue weighted by molar-refractivity contribution is 0.240. The van der Waals surface area contributed by atoms with E-state index in [0.29, 0.717) is 10.2 Å². The molecule has 0 bridgehead atoms. The molecule has 0 N–H and O–H groups in total. The van der Waals surface area contributed by atoms with E-state index in [0.717, 1.165) is 14.5 Å². The average molecular weight is 336 g/mol. The van der Waals surface area contributed by atoms with E-state index >= 15 is 0 Å². The molecule has 0 aromatic rings. The normalized spacial score (nSPS) is 17.1. The Hall–Kier alpha value is -0.0251. The van der Waals surface area contributed by atoms with Gasteiger partial charge in [-0.25, -0.2) is 0 Å². The standard InChI is InChI=1S/C21H42BP/c1-9-15-20(16-10-2,18(11-3)12-4)17-19(7,8)23-21(22,13-5)14-6/h9-10,15-16,18,23H,11-14,17,22H2,1-8H3. The summed E-state index contributed by atoms with van der Waals surface area (Å²) in [5.74, 6) is 0.730. The van der Waals surface area contributed by atoms with Gasteiger partial charge in [0.15, 0.2) is 0 Å². The Bertz CT molecular complexity index is 361. The lowest BCUT2D eigenvalue weighted by Crippen LogP contribution is -2.36. The Kier molecular flexibility index (Phi) is 10.1. The van der Waals surface area contributed by atoms with Crippen molar-refractivity contribution in [1.29, 1.82) is 0 Å². The van der Waals surface area contributed by atoms with E-state index in [9.17, 15) is 0 Å². The molecule has 0 fully saturated rings. The van der Waals surface area contributed by atoms with Gasteiger partial charge in [-0.1, -0.05) is 91.5 Å². The molecule has 1 atom stereocenters. The fraction of sp³-hybridized carbons (Fsp3) is 0.810. The van der Waals surface area contributed by atoms with Crippen LogP contribution in [0.1, 0.15) is 87.5 Å². The Balaban J connectivity index is 5.67. The molecule has 0 aromatic carbocycles. The quantitative estimate of drug-likeness (QED) is 0.228. The molecule has 2 heteroatoms. The first-order chi connectivity index (χ1) is 10.7. The Morgan fingerprint density at radius 1 is 0.913 bits per heavy atom. The van der Waals surface area contributed by atoms with Gasteiger partial charge >= 0.3 is 0 Å². The lowest BCUT2D eigenvalue weighted by Gasteiger charge is -2.45. The zero-order valence-corrected chi connectivity index (χ0v) is 18.4. The van der Waals surface area contributed by atoms with Crippen LogP contribution in [0, 0.1) is 11.3 Å². The average Bonchev–Trinajstić information content (AvgIpc) is 2.47. The van der Waals surface area contributed by atoms with Crippen molar-refractivity contribution in [2.24, 2.45) is 11.3 Å². The minimum absolute atomic E-state index is 0.214. The van der Waals surface area contributed by atoms with Crippen LogP contribution in [0.5, 0.6) is 0 Å². The van der Waals surface area contributed by atoms with Crippen molar-refractivity contribution in [3.8, 4) is 0 Å². The van der Waals surface area contributed by atoms with Crippen molar-refractivity contribution in [3.05, 3.63) is 24.3 Å². The third kappa shape index (κ3) is 6.77. The summed E-state index contributed by atoms with van der Waals surface area (Å²) < 4.78 is 0. The van der Waals surface area contributed by atoms with Crippen LogP contribution in [0.15, 0.2) is 24.3 Å². The van der Waals surface area contributed by atoms with E-state index < -0.39 is 0 Å². The SMILES string of the molecule is BC(CC)(CC)PC(C)(C)CC(C=CC)(C=CC)C(CC)CC. The molecule has 0 aromatic heterocycles. The lowest BCUT2D eigenvalue weighted by atomic mass is 9.67. The third-order valence-corrected chi connectivity index (χ3v) is 7.81. The molecule has 134 valence electrons. The summed E-state index contributed by atoms with van der Waals surface area (Å²) in [5.41, 5.74) is 0.214. The summed E-state index contributed by atoms with van der Waals surface area (Å²) in [6, 6.07) is 0. The van der Waals surface area contributed by atoms with Gasteiger partial charge in [0.1, 0.15) is 7.85 Å². The minimum atomic E-state index is 0.214. The Morgan fingerprint density at radius 2 is 1.35 bits per heavy atom. The first-order valence-electron chi connectivity index (χ1n) is 9.75. The van der Waals surface area contributed by atoms with E-state index in [-0.39, 0.29) is 5.41 Å². The number of allylic oxidation sites excluding steroid dienone is 4. The predicted molar refractivity (Wildman–Crippen MR) is 115 cm³/mol. The molecular weight excluding hydrogens is 294 g/mol. The fourth-order valence-electron chi connectivity index (χ4n) is 4.31. The second-order valence-electron chi connectivity index (χ2n) is 8.08. The molecule has 0 radical (unpaired) electrons. The van der Waals surface area contributed by atoms with Crippen LogP contribution in [0.2, 0.25) is 0 Å². The van der Waals surface area contributed by atoms with E-state index in [1.54, 1.807) is 0 Å². The third-order valence-electron chi connectivity index (χ3n) is 5.65. The van der Waals surface area contributed by atoms with Gasteiger partial charge in [0.05, 0.1) is 0 Å². The first kappa shape index (κ1) is 23.0. The molecule has 0 rings (SSSR count). The van der Waals surface area contributed by atoms with Crippen molar-refractivity contribution in [3.63, 3.8) is 0 Å². The van der Waals surface area contributed by atoms with Gasteiger partial charge < -0.3 is 0 Å². The van der Waals surface area contributed by atoms with Gasteiger partial charge in [0.25, 0.3) is 0 Å². The zero-order chi connectivity index (χ0) is 18.1. The molecule has 1 unspecified atom stereocenters. The van der Waals surface area contributed by atoms with Crippen molar-refractivity contribution in [1.82, 2.24) is 0 Å². The molecular formula is C21H42BP. The zero-order valence-electron chi connectivity index (χ0n) is 17.4. The molecule has 0 aliphatic heterocycles. The maximum Gasteiger partial charge on any atom is 0.114 e. The molecule has 0 nitrogen and oxygen atoms in total. The van der Waals surface area contributed by atoms with Gasteiger partial charge in [-0.3, -0.25) is 0 Å². The van der Waals surface area contributed by atoms with Crippen LogP contribution < -0.4 is 0 Å².